The maximum atomic E-state index is 13.7. The van der Waals surface area contributed by atoms with Crippen molar-refractivity contribution in [2.45, 2.75) is 44.4 Å². The number of carbonyl (C=O) groups is 3. The Kier molecular flexibility index (Phi) is 22.1. The number of fused-ring (bicyclic) bond motifs is 2. The molecule has 20 nitrogen and oxygen atoms in total. The molecule has 10 N–H and O–H groups in total. The molecule has 0 radical (unpaired) electrons. The monoisotopic (exact) mass is 1250 g/mol. The number of aromatic amines is 1. The average molecular weight is 1250 g/mol. The Morgan fingerprint density at radius 3 is 1.66 bits per heavy atom. The molecular formula is C67H66F4N8O12. The summed E-state index contributed by atoms with van der Waals surface area (Å²) in [7, 11) is 4.79. The first-order valence-corrected chi connectivity index (χ1v) is 28.4. The number of likely N-dealkylation sites (tertiary alicyclic amines) is 2. The first-order chi connectivity index (χ1) is 43.6. The number of rotatable bonds is 10. The van der Waals surface area contributed by atoms with Crippen LogP contribution in [0, 0.1) is 23.3 Å². The van der Waals surface area contributed by atoms with Crippen LogP contribution in [0.4, 0.5) is 46.0 Å². The van der Waals surface area contributed by atoms with E-state index < -0.39 is 40.3 Å². The van der Waals surface area contributed by atoms with Crippen LogP contribution in [0.5, 0.6) is 34.5 Å². The Morgan fingerprint density at radius 2 is 1.10 bits per heavy atom. The van der Waals surface area contributed by atoms with Crippen molar-refractivity contribution in [3.8, 4) is 34.5 Å². The van der Waals surface area contributed by atoms with Crippen LogP contribution in [0.15, 0.2) is 178 Å². The molecule has 1 aromatic heterocycles. The van der Waals surface area contributed by atoms with Crippen LogP contribution in [0.25, 0.3) is 10.9 Å². The third kappa shape index (κ3) is 17.7. The molecule has 91 heavy (non-hydrogen) atoms. The standard InChI is InChI=1S/C26H25F2N3O3.C14H14N2O3.C12H13F2NO.C8H5NO4.C7H9NO/c1-34-20-6-3-18(4-7-20)31-25(33)21-15-19(32)5-9-24(21)29-26(31)10-12-30(13-11-26)16-17-2-8-22(27)23(28)14-17;1-19-11-5-2-9(3-6-11)16-14(18)12-8-10(17)4-7-13(12)15;13-11-2-1-9(7-12(11)14)8-15-5-3-10(16)4-6-15;10-4-1-2-6-5(3-4)7(11)13-8(12)9-6;1-9-7-4-2-6(8)3-5-7/h2-9,14-15,29,32H,10-13,16H2,1H3;2-8,17H,15H2,1H3,(H,16,18);1-2,7H,3-6,8H2;1-3,10H,(H,9,12);2-5H,8H2,1H3. The molecule has 12 rings (SSSR count). The Balaban J connectivity index is 0.000000159. The van der Waals surface area contributed by atoms with Gasteiger partial charge in [0.05, 0.1) is 43.4 Å². The number of hydrogen-bond donors (Lipinski definition) is 8. The number of benzene rings is 8. The van der Waals surface area contributed by atoms with Gasteiger partial charge in [-0.15, -0.1) is 0 Å². The van der Waals surface area contributed by atoms with E-state index in [0.29, 0.717) is 110 Å². The van der Waals surface area contributed by atoms with Crippen LogP contribution in [-0.2, 0) is 17.9 Å². The Morgan fingerprint density at radius 1 is 0.593 bits per heavy atom. The van der Waals surface area contributed by atoms with Crippen molar-refractivity contribution >= 4 is 56.9 Å². The summed E-state index contributed by atoms with van der Waals surface area (Å²) in [6.45, 7) is 3.78. The minimum absolute atomic E-state index is 0.00548. The van der Waals surface area contributed by atoms with Crippen molar-refractivity contribution in [1.82, 2.24) is 14.8 Å². The van der Waals surface area contributed by atoms with E-state index in [1.165, 1.54) is 54.6 Å². The molecule has 4 heterocycles. The summed E-state index contributed by atoms with van der Waals surface area (Å²) in [6.07, 6.45) is 2.36. The van der Waals surface area contributed by atoms with Crippen LogP contribution in [0.1, 0.15) is 57.5 Å². The molecule has 9 aromatic rings. The third-order valence-corrected chi connectivity index (χ3v) is 14.8. The van der Waals surface area contributed by atoms with Gasteiger partial charge in [0, 0.05) is 93.4 Å². The maximum Gasteiger partial charge on any atom is 0.419 e. The van der Waals surface area contributed by atoms with Gasteiger partial charge in [-0.1, -0.05) is 12.1 Å². The zero-order valence-corrected chi connectivity index (χ0v) is 49.7. The van der Waals surface area contributed by atoms with Gasteiger partial charge in [-0.2, -0.15) is 0 Å². The number of hydrogen-bond acceptors (Lipinski definition) is 17. The number of piperidine rings is 2. The molecule has 24 heteroatoms. The zero-order valence-electron chi connectivity index (χ0n) is 49.7. The van der Waals surface area contributed by atoms with Crippen LogP contribution < -0.4 is 52.6 Å². The number of carbonyl (C=O) groups excluding carboxylic acids is 3. The molecule has 2 fully saturated rings. The molecule has 8 aromatic carbocycles. The lowest BCUT2D eigenvalue weighted by molar-refractivity contribution is -0.121. The van der Waals surface area contributed by atoms with Gasteiger partial charge in [0.25, 0.3) is 11.8 Å². The van der Waals surface area contributed by atoms with Crippen LogP contribution in [0.2, 0.25) is 0 Å². The number of nitrogen functional groups attached to an aromatic ring is 2. The van der Waals surface area contributed by atoms with Gasteiger partial charge in [-0.3, -0.25) is 34.1 Å². The number of halogens is 4. The van der Waals surface area contributed by atoms with Crippen LogP contribution >= 0.6 is 0 Å². The highest BCUT2D eigenvalue weighted by Gasteiger charge is 2.47. The fourth-order valence-electron chi connectivity index (χ4n) is 10.0. The number of phenolic OH excluding ortho intramolecular Hbond substituents is 3. The fraction of sp³-hybridized carbons (Fsp3) is 0.209. The van der Waals surface area contributed by atoms with Gasteiger partial charge < -0.3 is 56.0 Å². The Bertz CT molecular complexity index is 4120. The number of Topliss-reactive ketones (excluding diaryl/α,β-unsaturated/α-hetero) is 1. The smallest absolute Gasteiger partial charge is 0.419 e. The van der Waals surface area contributed by atoms with Gasteiger partial charge in [0.15, 0.2) is 23.3 Å². The van der Waals surface area contributed by atoms with Gasteiger partial charge >= 0.3 is 11.4 Å². The summed E-state index contributed by atoms with van der Waals surface area (Å²) < 4.78 is 72.1. The van der Waals surface area contributed by atoms with E-state index in [-0.39, 0.29) is 45.8 Å². The fourth-order valence-corrected chi connectivity index (χ4v) is 10.0. The maximum absolute atomic E-state index is 13.7. The minimum atomic E-state index is -0.855. The quantitative estimate of drug-likeness (QED) is 0.0359. The Labute approximate surface area is 519 Å². The Hall–Kier alpha value is -10.9. The number of H-pyrrole nitrogens is 1. The summed E-state index contributed by atoms with van der Waals surface area (Å²) >= 11 is 0. The lowest BCUT2D eigenvalue weighted by Crippen LogP contribution is -2.64. The van der Waals surface area contributed by atoms with Gasteiger partial charge in [-0.25, -0.2) is 27.2 Å². The summed E-state index contributed by atoms with van der Waals surface area (Å²) in [5.41, 5.74) is 15.2. The minimum Gasteiger partial charge on any atom is -0.508 e. The summed E-state index contributed by atoms with van der Waals surface area (Å²) in [6, 6.07) is 42.5. The van der Waals surface area contributed by atoms with E-state index in [0.717, 1.165) is 34.8 Å². The van der Waals surface area contributed by atoms with E-state index in [1.54, 1.807) is 86.9 Å². The second-order valence-electron chi connectivity index (χ2n) is 21.1. The lowest BCUT2D eigenvalue weighted by atomic mass is 9.89. The molecule has 0 aliphatic carbocycles. The number of ether oxygens (including phenoxy) is 3. The normalized spacial score (nSPS) is 14.1. The van der Waals surface area contributed by atoms with E-state index >= 15 is 0 Å². The number of nitrogens with zero attached hydrogens (tertiary/aromatic N) is 3. The molecule has 3 aliphatic heterocycles. The number of phenols is 3. The predicted molar refractivity (Wildman–Crippen MR) is 337 cm³/mol. The van der Waals surface area contributed by atoms with E-state index in [2.05, 4.69) is 29.8 Å². The predicted octanol–water partition coefficient (Wildman–Crippen LogP) is 10.6. The van der Waals surface area contributed by atoms with Crippen molar-refractivity contribution in [3.05, 3.63) is 230 Å². The number of aromatic nitrogens is 1. The number of nitrogens with one attached hydrogen (secondary N) is 3. The molecule has 0 bridgehead atoms. The van der Waals surface area contributed by atoms with Crippen LogP contribution in [-0.4, -0.2) is 101 Å². The number of amides is 2. The lowest BCUT2D eigenvalue weighted by Gasteiger charge is -2.52. The highest BCUT2D eigenvalue weighted by atomic mass is 19.2. The highest BCUT2D eigenvalue weighted by Crippen LogP contribution is 2.42. The van der Waals surface area contributed by atoms with Crippen molar-refractivity contribution < 1.29 is 65.9 Å². The SMILES string of the molecule is COc1ccc(N)cc1.COc1ccc(N2C(=O)c3cc(O)ccc3NC23CCN(Cc2ccc(F)c(F)c2)CC3)cc1.COc1ccc(NC(=O)c2cc(O)ccc2N)cc1.O=C1CCN(Cc2ccc(F)c(F)c2)CC1.O=c1[nH]c2ccc(O)cc2c(=O)o1. The first kappa shape index (κ1) is 66.1. The highest BCUT2D eigenvalue weighted by molar-refractivity contribution is 6.13. The molecule has 1 spiro atoms. The van der Waals surface area contributed by atoms with Crippen molar-refractivity contribution in [1.29, 1.82) is 0 Å². The second-order valence-corrected chi connectivity index (χ2v) is 21.1. The third-order valence-electron chi connectivity index (χ3n) is 14.8. The average Bonchev–Trinajstić information content (AvgIpc) is 0.773. The summed E-state index contributed by atoms with van der Waals surface area (Å²) in [5, 5.41) is 34.8. The molecule has 0 atom stereocenters. The molecule has 3 aliphatic rings. The van der Waals surface area contributed by atoms with Gasteiger partial charge in [0.2, 0.25) is 0 Å². The number of nitrogens with two attached hydrogens (primary N) is 2. The van der Waals surface area contributed by atoms with Crippen molar-refractivity contribution in [2.75, 3.05) is 74.5 Å². The molecule has 0 saturated carbocycles. The van der Waals surface area contributed by atoms with Gasteiger partial charge in [-0.05, 0) is 163 Å². The largest absolute Gasteiger partial charge is 0.508 e. The summed E-state index contributed by atoms with van der Waals surface area (Å²) in [4.78, 5) is 66.8. The number of aromatic hydroxyl groups is 3. The number of ketones is 1. The molecule has 2 amide bonds. The van der Waals surface area contributed by atoms with E-state index in [1.807, 2.05) is 36.4 Å². The van der Waals surface area contributed by atoms with E-state index in [4.69, 9.17) is 30.8 Å². The van der Waals surface area contributed by atoms with Crippen molar-refractivity contribution in [3.63, 3.8) is 0 Å². The number of methoxy groups -OCH3 is 3. The molecule has 0 unspecified atom stereocenters. The molecular weight excluding hydrogens is 1180 g/mol. The summed E-state index contributed by atoms with van der Waals surface area (Å²) in [5.74, 6) is -2.23. The molecule has 2 saturated heterocycles. The topological polar surface area (TPSA) is 288 Å². The van der Waals surface area contributed by atoms with Crippen molar-refractivity contribution in [2.24, 2.45) is 0 Å². The first-order valence-electron chi connectivity index (χ1n) is 28.4. The van der Waals surface area contributed by atoms with E-state index in [9.17, 15) is 51.7 Å². The number of anilines is 5. The second kappa shape index (κ2) is 30.4. The molecule has 474 valence electrons. The zero-order chi connectivity index (χ0) is 65.4. The van der Waals surface area contributed by atoms with Crippen LogP contribution in [0.3, 0.4) is 0 Å². The van der Waals surface area contributed by atoms with Gasteiger partial charge in [0.1, 0.15) is 45.9 Å².